The van der Waals surface area contributed by atoms with Crippen LogP contribution >= 0.6 is 0 Å². The maximum absolute atomic E-state index is 11.3. The molecule has 2 aliphatic rings. The molecule has 26 heavy (non-hydrogen) atoms. The molecule has 0 bridgehead atoms. The van der Waals surface area contributed by atoms with Crippen LogP contribution in [-0.4, -0.2) is 11.2 Å². The first-order valence-corrected chi connectivity index (χ1v) is 9.52. The van der Waals surface area contributed by atoms with Gasteiger partial charge in [-0.3, -0.25) is 0 Å². The quantitative estimate of drug-likeness (QED) is 0.732. The summed E-state index contributed by atoms with van der Waals surface area (Å²) in [4.78, 5) is 11.3. The fraction of sp³-hybridized carbons (Fsp3) is 0.435. The summed E-state index contributed by atoms with van der Waals surface area (Å²) in [6.45, 7) is 6.70. The second-order valence-corrected chi connectivity index (χ2v) is 8.99. The Morgan fingerprint density at radius 3 is 2.46 bits per heavy atom. The van der Waals surface area contributed by atoms with Gasteiger partial charge in [-0.25, -0.2) is 4.79 Å². The lowest BCUT2D eigenvalue weighted by Crippen LogP contribution is -2.36. The summed E-state index contributed by atoms with van der Waals surface area (Å²) < 4.78 is 0. The van der Waals surface area contributed by atoms with E-state index in [1.807, 2.05) is 0 Å². The van der Waals surface area contributed by atoms with E-state index in [2.05, 4.69) is 68.6 Å². The maximum atomic E-state index is 11.3. The molecule has 1 spiro atoms. The van der Waals surface area contributed by atoms with Crippen molar-refractivity contribution in [2.45, 2.75) is 57.9 Å². The highest BCUT2D eigenvalue weighted by Gasteiger charge is 2.52. The average molecular weight is 349 g/mol. The van der Waals surface area contributed by atoms with E-state index in [4.69, 9.17) is 0 Å². The number of carboxylic acid groups (broad SMARTS) is 1. The molecule has 0 aromatic heterocycles. The van der Waals surface area contributed by atoms with E-state index in [-0.39, 0.29) is 16.9 Å². The van der Waals surface area contributed by atoms with Gasteiger partial charge in [-0.2, -0.15) is 0 Å². The Hall–Kier alpha value is -2.29. The van der Waals surface area contributed by atoms with E-state index in [9.17, 15) is 9.90 Å². The standard InChI is InChI=1S/C23H27NO2/c1-22(2,3)18-6-4-5-15(14-18)16-7-8-19-17(13-16)9-10-23(11-12-23)20(19)24-21(25)26/h4-8,13-14,20,24H,9-12H2,1-3H3,(H,25,26). The Kier molecular flexibility index (Phi) is 3.87. The first-order chi connectivity index (χ1) is 12.3. The maximum Gasteiger partial charge on any atom is 0.405 e. The molecule has 1 saturated carbocycles. The molecule has 136 valence electrons. The Bertz CT molecular complexity index is 859. The molecule has 2 aromatic rings. The van der Waals surface area contributed by atoms with Gasteiger partial charge in [-0.15, -0.1) is 0 Å². The number of aryl methyl sites for hydroxylation is 1. The monoisotopic (exact) mass is 349 g/mol. The zero-order valence-corrected chi connectivity index (χ0v) is 15.8. The molecule has 0 radical (unpaired) electrons. The first kappa shape index (κ1) is 17.1. The largest absolute Gasteiger partial charge is 0.465 e. The minimum atomic E-state index is -0.920. The van der Waals surface area contributed by atoms with E-state index in [1.165, 1.54) is 27.8 Å². The Morgan fingerprint density at radius 2 is 1.81 bits per heavy atom. The lowest BCUT2D eigenvalue weighted by molar-refractivity contribution is 0.178. The number of hydrogen-bond donors (Lipinski definition) is 2. The van der Waals surface area contributed by atoms with Crippen LogP contribution in [0.25, 0.3) is 11.1 Å². The van der Waals surface area contributed by atoms with Gasteiger partial charge in [-0.1, -0.05) is 63.2 Å². The van der Waals surface area contributed by atoms with Crippen molar-refractivity contribution in [3.63, 3.8) is 0 Å². The van der Waals surface area contributed by atoms with Gasteiger partial charge < -0.3 is 10.4 Å². The predicted molar refractivity (Wildman–Crippen MR) is 104 cm³/mol. The van der Waals surface area contributed by atoms with Crippen molar-refractivity contribution < 1.29 is 9.90 Å². The number of rotatable bonds is 2. The van der Waals surface area contributed by atoms with Crippen molar-refractivity contribution in [1.82, 2.24) is 5.32 Å². The van der Waals surface area contributed by atoms with E-state index in [1.54, 1.807) is 0 Å². The summed E-state index contributed by atoms with van der Waals surface area (Å²) in [5.41, 5.74) is 6.53. The molecule has 2 aromatic carbocycles. The highest BCUT2D eigenvalue weighted by molar-refractivity contribution is 5.68. The van der Waals surface area contributed by atoms with Crippen LogP contribution in [-0.2, 0) is 11.8 Å². The van der Waals surface area contributed by atoms with E-state index in [0.29, 0.717) is 0 Å². The van der Waals surface area contributed by atoms with Gasteiger partial charge in [0.25, 0.3) is 0 Å². The van der Waals surface area contributed by atoms with Crippen LogP contribution in [0.2, 0.25) is 0 Å². The predicted octanol–water partition coefficient (Wildman–Crippen LogP) is 5.69. The second kappa shape index (κ2) is 5.87. The molecule has 1 atom stereocenters. The third kappa shape index (κ3) is 3.00. The van der Waals surface area contributed by atoms with Crippen molar-refractivity contribution in [3.05, 3.63) is 59.2 Å². The van der Waals surface area contributed by atoms with Crippen LogP contribution in [0.4, 0.5) is 4.79 Å². The molecule has 4 rings (SSSR count). The van der Waals surface area contributed by atoms with Crippen LogP contribution < -0.4 is 5.32 Å². The molecule has 1 unspecified atom stereocenters. The molecule has 1 fully saturated rings. The highest BCUT2D eigenvalue weighted by atomic mass is 16.4. The van der Waals surface area contributed by atoms with Gasteiger partial charge in [0.2, 0.25) is 0 Å². The zero-order valence-electron chi connectivity index (χ0n) is 15.8. The van der Waals surface area contributed by atoms with Gasteiger partial charge in [0.1, 0.15) is 0 Å². The summed E-state index contributed by atoms with van der Waals surface area (Å²) in [6.07, 6.45) is 3.46. The van der Waals surface area contributed by atoms with Crippen molar-refractivity contribution in [1.29, 1.82) is 0 Å². The highest BCUT2D eigenvalue weighted by Crippen LogP contribution is 2.60. The molecule has 3 heteroatoms. The lowest BCUT2D eigenvalue weighted by atomic mass is 9.76. The molecule has 3 nitrogen and oxygen atoms in total. The summed E-state index contributed by atoms with van der Waals surface area (Å²) in [7, 11) is 0. The van der Waals surface area contributed by atoms with Crippen LogP contribution in [0.3, 0.4) is 0 Å². The number of amides is 1. The van der Waals surface area contributed by atoms with Gasteiger partial charge >= 0.3 is 6.09 Å². The van der Waals surface area contributed by atoms with E-state index >= 15 is 0 Å². The van der Waals surface area contributed by atoms with E-state index in [0.717, 1.165) is 25.7 Å². The smallest absolute Gasteiger partial charge is 0.405 e. The summed E-state index contributed by atoms with van der Waals surface area (Å²) in [5.74, 6) is 0. The number of carbonyl (C=O) groups is 1. The first-order valence-electron chi connectivity index (χ1n) is 9.52. The summed E-state index contributed by atoms with van der Waals surface area (Å²) >= 11 is 0. The molecular weight excluding hydrogens is 322 g/mol. The van der Waals surface area contributed by atoms with Crippen LogP contribution in [0.1, 0.15) is 62.8 Å². The molecule has 2 N–H and O–H groups in total. The van der Waals surface area contributed by atoms with Crippen molar-refractivity contribution in [2.24, 2.45) is 5.41 Å². The lowest BCUT2D eigenvalue weighted by Gasteiger charge is -2.34. The summed E-state index contributed by atoms with van der Waals surface area (Å²) in [5, 5.41) is 12.1. The SMILES string of the molecule is CC(C)(C)c1cccc(-c2ccc3c(c2)CCC2(CC2)C3NC(=O)O)c1. The van der Waals surface area contributed by atoms with Gasteiger partial charge in [0.05, 0.1) is 6.04 Å². The molecule has 2 aliphatic carbocycles. The Balaban J connectivity index is 1.71. The second-order valence-electron chi connectivity index (χ2n) is 8.99. The molecule has 1 amide bonds. The minimum absolute atomic E-state index is 0.0568. The Labute approximate surface area is 155 Å². The van der Waals surface area contributed by atoms with Crippen LogP contribution in [0, 0.1) is 5.41 Å². The molecule has 0 saturated heterocycles. The van der Waals surface area contributed by atoms with Crippen molar-refractivity contribution >= 4 is 6.09 Å². The minimum Gasteiger partial charge on any atom is -0.465 e. The third-order valence-electron chi connectivity index (χ3n) is 6.18. The van der Waals surface area contributed by atoms with Crippen molar-refractivity contribution in [3.8, 4) is 11.1 Å². The van der Waals surface area contributed by atoms with Gasteiger partial charge in [-0.05, 0) is 64.3 Å². The number of hydrogen-bond acceptors (Lipinski definition) is 1. The zero-order chi connectivity index (χ0) is 18.5. The van der Waals surface area contributed by atoms with E-state index < -0.39 is 6.09 Å². The summed E-state index contributed by atoms with van der Waals surface area (Å²) in [6, 6.07) is 15.3. The third-order valence-corrected chi connectivity index (χ3v) is 6.18. The number of benzene rings is 2. The number of fused-ring (bicyclic) bond motifs is 1. The number of nitrogens with one attached hydrogen (secondary N) is 1. The van der Waals surface area contributed by atoms with Gasteiger partial charge in [0, 0.05) is 0 Å². The molecular formula is C23H27NO2. The van der Waals surface area contributed by atoms with Crippen LogP contribution in [0.5, 0.6) is 0 Å². The average Bonchev–Trinajstić information content (AvgIpc) is 3.37. The van der Waals surface area contributed by atoms with Crippen molar-refractivity contribution in [2.75, 3.05) is 0 Å². The topological polar surface area (TPSA) is 49.3 Å². The Morgan fingerprint density at radius 1 is 1.08 bits per heavy atom. The molecule has 0 heterocycles. The normalized spacial score (nSPS) is 20.5. The molecule has 0 aliphatic heterocycles. The van der Waals surface area contributed by atoms with Crippen LogP contribution in [0.15, 0.2) is 42.5 Å². The fourth-order valence-corrected chi connectivity index (χ4v) is 4.36. The fourth-order valence-electron chi connectivity index (χ4n) is 4.36. The van der Waals surface area contributed by atoms with Gasteiger partial charge in [0.15, 0.2) is 0 Å².